The van der Waals surface area contributed by atoms with Gasteiger partial charge in [-0.15, -0.1) is 11.3 Å². The third-order valence-electron chi connectivity index (χ3n) is 3.47. The second-order valence-corrected chi connectivity index (χ2v) is 6.10. The summed E-state index contributed by atoms with van der Waals surface area (Å²) in [5, 5.41) is 12.0. The number of carboxylic acid groups (broad SMARTS) is 1. The summed E-state index contributed by atoms with van der Waals surface area (Å²) in [6, 6.07) is 17.3. The number of rotatable bonds is 4. The number of hydrogen-bond donors (Lipinski definition) is 0. The van der Waals surface area contributed by atoms with Crippen LogP contribution >= 0.6 is 11.3 Å². The molecule has 1 aromatic heterocycles. The van der Waals surface area contributed by atoms with Crippen LogP contribution in [-0.2, 0) is 0 Å². The van der Waals surface area contributed by atoms with Gasteiger partial charge in [0, 0.05) is 5.56 Å². The summed E-state index contributed by atoms with van der Waals surface area (Å²) >= 11 is 1.13. The molecule has 0 aliphatic carbocycles. The third-order valence-corrected chi connectivity index (χ3v) is 4.47. The van der Waals surface area contributed by atoms with Crippen molar-refractivity contribution in [2.75, 3.05) is 0 Å². The summed E-state index contributed by atoms with van der Waals surface area (Å²) in [5.74, 6) is -1.20. The molecule has 3 aromatic rings. The number of benzene rings is 2. The summed E-state index contributed by atoms with van der Waals surface area (Å²) in [7, 11) is 0. The van der Waals surface area contributed by atoms with Crippen LogP contribution in [0.4, 0.5) is 0 Å². The Morgan fingerprint density at radius 3 is 2.43 bits per heavy atom. The zero-order valence-electron chi connectivity index (χ0n) is 12.5. The number of hydrogen-bond acceptors (Lipinski definition) is 4. The molecule has 0 radical (unpaired) electrons. The van der Waals surface area contributed by atoms with Gasteiger partial charge in [-0.05, 0) is 24.1 Å². The Morgan fingerprint density at radius 2 is 1.74 bits per heavy atom. The van der Waals surface area contributed by atoms with Crippen LogP contribution < -0.4 is 5.11 Å². The molecule has 0 saturated heterocycles. The van der Waals surface area contributed by atoms with E-state index in [0.29, 0.717) is 10.7 Å². The van der Waals surface area contributed by atoms with Crippen LogP contribution in [-0.4, -0.2) is 11.0 Å². The van der Waals surface area contributed by atoms with E-state index in [-0.39, 0.29) is 4.88 Å². The third kappa shape index (κ3) is 3.38. The van der Waals surface area contributed by atoms with Gasteiger partial charge in [-0.25, -0.2) is 4.98 Å². The Bertz CT molecular complexity index is 866. The lowest BCUT2D eigenvalue weighted by molar-refractivity contribution is -0.254. The lowest BCUT2D eigenvalue weighted by Gasteiger charge is -2.01. The van der Waals surface area contributed by atoms with Gasteiger partial charge < -0.3 is 9.90 Å². The minimum absolute atomic E-state index is 0.153. The zero-order chi connectivity index (χ0) is 16.2. The van der Waals surface area contributed by atoms with E-state index >= 15 is 0 Å². The fourth-order valence-corrected chi connectivity index (χ4v) is 3.10. The minimum atomic E-state index is -1.20. The molecule has 3 nitrogen and oxygen atoms in total. The van der Waals surface area contributed by atoms with E-state index in [0.717, 1.165) is 28.0 Å². The molecule has 0 saturated carbocycles. The molecule has 0 atom stereocenters. The van der Waals surface area contributed by atoms with Crippen molar-refractivity contribution >= 4 is 29.5 Å². The molecule has 1 heterocycles. The molecule has 2 aromatic carbocycles. The van der Waals surface area contributed by atoms with Crippen LogP contribution in [0.2, 0.25) is 0 Å². The Balaban J connectivity index is 1.99. The number of carboxylic acids is 1. The molecule has 4 heteroatoms. The van der Waals surface area contributed by atoms with Gasteiger partial charge in [-0.2, -0.15) is 0 Å². The molecule has 0 bridgehead atoms. The maximum atomic E-state index is 11.4. The van der Waals surface area contributed by atoms with Gasteiger partial charge in [-0.3, -0.25) is 0 Å². The molecule has 0 aliphatic rings. The van der Waals surface area contributed by atoms with E-state index in [9.17, 15) is 9.90 Å². The molecule has 0 unspecified atom stereocenters. The number of nitrogens with zero attached hydrogens (tertiary/aromatic N) is 1. The fraction of sp³-hybridized carbons (Fsp3) is 0.0526. The summed E-state index contributed by atoms with van der Waals surface area (Å²) in [4.78, 5) is 16.0. The van der Waals surface area contributed by atoms with Crippen molar-refractivity contribution < 1.29 is 9.90 Å². The Morgan fingerprint density at radius 1 is 1.04 bits per heavy atom. The summed E-state index contributed by atoms with van der Waals surface area (Å²) < 4.78 is 0. The Kier molecular flexibility index (Phi) is 4.35. The summed E-state index contributed by atoms with van der Waals surface area (Å²) in [6.07, 6.45) is 3.79. The molecule has 114 valence electrons. The first kappa shape index (κ1) is 15.2. The zero-order valence-corrected chi connectivity index (χ0v) is 13.3. The topological polar surface area (TPSA) is 53.0 Å². The average molecular weight is 320 g/mol. The second-order valence-electron chi connectivity index (χ2n) is 5.07. The van der Waals surface area contributed by atoms with Crippen molar-refractivity contribution in [1.82, 2.24) is 4.98 Å². The second kappa shape index (κ2) is 6.58. The van der Waals surface area contributed by atoms with Crippen molar-refractivity contribution in [3.8, 4) is 11.3 Å². The van der Waals surface area contributed by atoms with Gasteiger partial charge in [0.25, 0.3) is 0 Å². The summed E-state index contributed by atoms with van der Waals surface area (Å²) in [6.45, 7) is 2.03. The molecule has 23 heavy (non-hydrogen) atoms. The van der Waals surface area contributed by atoms with Crippen molar-refractivity contribution in [3.05, 3.63) is 75.6 Å². The maximum absolute atomic E-state index is 11.4. The first-order chi connectivity index (χ1) is 11.1. The largest absolute Gasteiger partial charge is 0.544 e. The summed E-state index contributed by atoms with van der Waals surface area (Å²) in [5.41, 5.74) is 3.47. The number of thiazole rings is 1. The molecule has 0 amide bonds. The Hall–Kier alpha value is -2.72. The van der Waals surface area contributed by atoms with Crippen LogP contribution in [0.5, 0.6) is 0 Å². The SMILES string of the molecule is Cc1ccccc1/C=C/c1nc(-c2ccccc2)c(C(=O)[O-])s1. The molecule has 0 fully saturated rings. The van der Waals surface area contributed by atoms with Gasteiger partial charge in [0.15, 0.2) is 0 Å². The minimum Gasteiger partial charge on any atom is -0.544 e. The lowest BCUT2D eigenvalue weighted by atomic mass is 10.1. The van der Waals surface area contributed by atoms with Gasteiger partial charge in [-0.1, -0.05) is 60.7 Å². The van der Waals surface area contributed by atoms with Gasteiger partial charge in [0.1, 0.15) is 5.01 Å². The van der Waals surface area contributed by atoms with Crippen LogP contribution in [0.15, 0.2) is 54.6 Å². The quantitative estimate of drug-likeness (QED) is 0.737. The van der Waals surface area contributed by atoms with Crippen LogP contribution in [0.25, 0.3) is 23.4 Å². The first-order valence-corrected chi connectivity index (χ1v) is 7.98. The average Bonchev–Trinajstić information content (AvgIpc) is 2.99. The highest BCUT2D eigenvalue weighted by molar-refractivity contribution is 7.14. The van der Waals surface area contributed by atoms with Crippen molar-refractivity contribution in [2.24, 2.45) is 0 Å². The van der Waals surface area contributed by atoms with Crippen molar-refractivity contribution in [2.45, 2.75) is 6.92 Å². The molecular weight excluding hydrogens is 306 g/mol. The van der Waals surface area contributed by atoms with E-state index in [1.807, 2.05) is 73.7 Å². The predicted octanol–water partition coefficient (Wildman–Crippen LogP) is 3.65. The normalized spacial score (nSPS) is 11.0. The Labute approximate surface area is 138 Å². The van der Waals surface area contributed by atoms with Crippen LogP contribution in [0.1, 0.15) is 25.8 Å². The fourth-order valence-electron chi connectivity index (χ4n) is 2.27. The highest BCUT2D eigenvalue weighted by Crippen LogP contribution is 2.29. The van der Waals surface area contributed by atoms with E-state index < -0.39 is 5.97 Å². The van der Waals surface area contributed by atoms with E-state index in [4.69, 9.17) is 0 Å². The van der Waals surface area contributed by atoms with Gasteiger partial charge in [0.05, 0.1) is 16.5 Å². The van der Waals surface area contributed by atoms with Gasteiger partial charge >= 0.3 is 0 Å². The molecule has 0 spiro atoms. The lowest BCUT2D eigenvalue weighted by Crippen LogP contribution is -2.21. The number of aryl methyl sites for hydroxylation is 1. The molecular formula is C19H14NO2S-. The number of aromatic carboxylic acids is 1. The molecule has 0 aliphatic heterocycles. The molecule has 0 N–H and O–H groups in total. The smallest absolute Gasteiger partial charge is 0.117 e. The number of aromatic nitrogens is 1. The first-order valence-electron chi connectivity index (χ1n) is 7.16. The highest BCUT2D eigenvalue weighted by Gasteiger charge is 2.12. The van der Waals surface area contributed by atoms with Crippen LogP contribution in [0, 0.1) is 6.92 Å². The standard InChI is InChI=1S/C19H15NO2S/c1-13-7-5-6-8-14(13)11-12-16-20-17(18(23-16)19(21)22)15-9-3-2-4-10-15/h2-12H,1H3,(H,21,22)/p-1/b12-11+. The molecule has 3 rings (SSSR count). The van der Waals surface area contributed by atoms with E-state index in [2.05, 4.69) is 4.98 Å². The van der Waals surface area contributed by atoms with Crippen molar-refractivity contribution in [1.29, 1.82) is 0 Å². The van der Waals surface area contributed by atoms with Crippen LogP contribution in [0.3, 0.4) is 0 Å². The monoisotopic (exact) mass is 320 g/mol. The number of carbonyl (C=O) groups excluding carboxylic acids is 1. The van der Waals surface area contributed by atoms with Gasteiger partial charge in [0.2, 0.25) is 0 Å². The highest BCUT2D eigenvalue weighted by atomic mass is 32.1. The number of carbonyl (C=O) groups is 1. The maximum Gasteiger partial charge on any atom is 0.117 e. The van der Waals surface area contributed by atoms with E-state index in [1.54, 1.807) is 0 Å². The van der Waals surface area contributed by atoms with E-state index in [1.165, 1.54) is 0 Å². The van der Waals surface area contributed by atoms with Crippen molar-refractivity contribution in [3.63, 3.8) is 0 Å². The predicted molar refractivity (Wildman–Crippen MR) is 92.0 cm³/mol.